The van der Waals surface area contributed by atoms with Gasteiger partial charge < -0.3 is 9.64 Å². The Morgan fingerprint density at radius 3 is 2.73 bits per heavy atom. The number of nitrogens with one attached hydrogen (secondary N) is 1. The predicted octanol–water partition coefficient (Wildman–Crippen LogP) is 0.320. The van der Waals surface area contributed by atoms with Gasteiger partial charge >= 0.3 is 0 Å². The second-order valence-electron chi connectivity index (χ2n) is 6.04. The van der Waals surface area contributed by atoms with E-state index in [1.807, 2.05) is 31.3 Å². The number of ether oxygens (including phenoxy) is 1. The van der Waals surface area contributed by atoms with E-state index in [1.165, 1.54) is 4.31 Å². The minimum atomic E-state index is -3.38. The lowest BCUT2D eigenvalue weighted by molar-refractivity contribution is 0.213. The van der Waals surface area contributed by atoms with Gasteiger partial charge in [-0.05, 0) is 25.1 Å². The Hall–Kier alpha value is -1.15. The standard InChI is InChI=1S/C15H23N3O3S/c1-17-6-8-18(9-7-17)22(19,20)16-11-13-10-14-4-2-3-5-15(14)21-12-13/h2-5,13,16H,6-12H2,1H3/t13-/m0/s1. The molecule has 0 spiro atoms. The number of likely N-dealkylation sites (N-methyl/N-ethyl adjacent to an activating group) is 1. The van der Waals surface area contributed by atoms with Gasteiger partial charge in [-0.1, -0.05) is 18.2 Å². The van der Waals surface area contributed by atoms with E-state index >= 15 is 0 Å². The van der Waals surface area contributed by atoms with Gasteiger partial charge in [-0.2, -0.15) is 12.7 Å². The average molecular weight is 325 g/mol. The highest BCUT2D eigenvalue weighted by molar-refractivity contribution is 7.87. The van der Waals surface area contributed by atoms with Crippen molar-refractivity contribution in [1.29, 1.82) is 0 Å². The Kier molecular flexibility index (Phi) is 4.67. The summed E-state index contributed by atoms with van der Waals surface area (Å²) < 4.78 is 34.7. The molecule has 1 saturated heterocycles. The van der Waals surface area contributed by atoms with Crippen molar-refractivity contribution in [2.45, 2.75) is 6.42 Å². The molecule has 1 N–H and O–H groups in total. The lowest BCUT2D eigenvalue weighted by Crippen LogP contribution is -2.51. The molecule has 7 heteroatoms. The summed E-state index contributed by atoms with van der Waals surface area (Å²) in [5.41, 5.74) is 1.15. The summed E-state index contributed by atoms with van der Waals surface area (Å²) in [5.74, 6) is 1.10. The number of rotatable bonds is 4. The fourth-order valence-electron chi connectivity index (χ4n) is 2.86. The molecule has 2 aliphatic rings. The molecular weight excluding hydrogens is 302 g/mol. The number of hydrogen-bond donors (Lipinski definition) is 1. The SMILES string of the molecule is CN1CCN(S(=O)(=O)NC[C@H]2COc3ccccc3C2)CC1. The molecule has 1 aromatic carbocycles. The summed E-state index contributed by atoms with van der Waals surface area (Å²) in [6.07, 6.45) is 0.849. The molecular formula is C15H23N3O3S. The van der Waals surface area contributed by atoms with Crippen molar-refractivity contribution in [3.63, 3.8) is 0 Å². The van der Waals surface area contributed by atoms with Crippen molar-refractivity contribution >= 4 is 10.2 Å². The van der Waals surface area contributed by atoms with Crippen LogP contribution in [-0.4, -0.2) is 64.0 Å². The van der Waals surface area contributed by atoms with Gasteiger partial charge in [-0.15, -0.1) is 0 Å². The molecule has 22 heavy (non-hydrogen) atoms. The highest BCUT2D eigenvalue weighted by atomic mass is 32.2. The molecule has 122 valence electrons. The van der Waals surface area contributed by atoms with E-state index in [1.54, 1.807) is 0 Å². The van der Waals surface area contributed by atoms with Gasteiger partial charge in [0.05, 0.1) is 6.61 Å². The van der Waals surface area contributed by atoms with E-state index in [-0.39, 0.29) is 5.92 Å². The first-order valence-electron chi connectivity index (χ1n) is 7.68. The summed E-state index contributed by atoms with van der Waals surface area (Å²) in [4.78, 5) is 2.14. The quantitative estimate of drug-likeness (QED) is 0.866. The third kappa shape index (κ3) is 3.60. The van der Waals surface area contributed by atoms with Crippen LogP contribution in [0.3, 0.4) is 0 Å². The van der Waals surface area contributed by atoms with Gasteiger partial charge in [0.15, 0.2) is 0 Å². The molecule has 0 amide bonds. The Balaban J connectivity index is 1.54. The summed E-state index contributed by atoms with van der Waals surface area (Å²) >= 11 is 0. The van der Waals surface area contributed by atoms with Crippen LogP contribution in [0.2, 0.25) is 0 Å². The minimum absolute atomic E-state index is 0.178. The fraction of sp³-hybridized carbons (Fsp3) is 0.600. The molecule has 0 saturated carbocycles. The van der Waals surface area contributed by atoms with Crippen molar-refractivity contribution in [3.8, 4) is 5.75 Å². The number of fused-ring (bicyclic) bond motifs is 1. The molecule has 0 aliphatic carbocycles. The number of benzene rings is 1. The first-order chi connectivity index (χ1) is 10.5. The molecule has 0 unspecified atom stereocenters. The second-order valence-corrected chi connectivity index (χ2v) is 7.80. The molecule has 6 nitrogen and oxygen atoms in total. The highest BCUT2D eigenvalue weighted by Gasteiger charge is 2.27. The van der Waals surface area contributed by atoms with E-state index in [0.717, 1.165) is 30.8 Å². The lowest BCUT2D eigenvalue weighted by atomic mass is 9.97. The lowest BCUT2D eigenvalue weighted by Gasteiger charge is -2.32. The second kappa shape index (κ2) is 6.54. The van der Waals surface area contributed by atoms with Crippen LogP contribution in [0.25, 0.3) is 0 Å². The first-order valence-corrected chi connectivity index (χ1v) is 9.12. The van der Waals surface area contributed by atoms with Crippen molar-refractivity contribution < 1.29 is 13.2 Å². The zero-order chi connectivity index (χ0) is 15.6. The molecule has 1 aromatic rings. The number of hydrogen-bond acceptors (Lipinski definition) is 4. The number of nitrogens with zero attached hydrogens (tertiary/aromatic N) is 2. The molecule has 0 radical (unpaired) electrons. The average Bonchev–Trinajstić information content (AvgIpc) is 2.53. The van der Waals surface area contributed by atoms with Crippen LogP contribution in [0.15, 0.2) is 24.3 Å². The van der Waals surface area contributed by atoms with Crippen LogP contribution in [0, 0.1) is 5.92 Å². The van der Waals surface area contributed by atoms with Crippen LogP contribution in [0.1, 0.15) is 5.56 Å². The van der Waals surface area contributed by atoms with Crippen LogP contribution < -0.4 is 9.46 Å². The largest absolute Gasteiger partial charge is 0.493 e. The minimum Gasteiger partial charge on any atom is -0.493 e. The van der Waals surface area contributed by atoms with Gasteiger partial charge in [0.25, 0.3) is 10.2 Å². The predicted molar refractivity (Wildman–Crippen MR) is 85.1 cm³/mol. The summed E-state index contributed by atoms with van der Waals surface area (Å²) in [7, 11) is -1.37. The third-order valence-electron chi connectivity index (χ3n) is 4.31. The zero-order valence-electron chi connectivity index (χ0n) is 12.9. The topological polar surface area (TPSA) is 61.9 Å². The number of para-hydroxylation sites is 1. The maximum atomic E-state index is 12.3. The van der Waals surface area contributed by atoms with Gasteiger partial charge in [-0.3, -0.25) is 0 Å². The molecule has 1 atom stereocenters. The van der Waals surface area contributed by atoms with Crippen LogP contribution in [0.5, 0.6) is 5.75 Å². The van der Waals surface area contributed by atoms with Crippen LogP contribution in [0.4, 0.5) is 0 Å². The number of piperazine rings is 1. The van der Waals surface area contributed by atoms with Crippen molar-refractivity contribution in [2.75, 3.05) is 46.4 Å². The van der Waals surface area contributed by atoms with Crippen molar-refractivity contribution in [1.82, 2.24) is 13.9 Å². The molecule has 3 rings (SSSR count). The molecule has 0 aromatic heterocycles. The zero-order valence-corrected chi connectivity index (χ0v) is 13.7. The maximum Gasteiger partial charge on any atom is 0.279 e. The van der Waals surface area contributed by atoms with Gasteiger partial charge in [0, 0.05) is 38.6 Å². The Morgan fingerprint density at radius 2 is 1.95 bits per heavy atom. The van der Waals surface area contributed by atoms with Gasteiger partial charge in [0.2, 0.25) is 0 Å². The summed E-state index contributed by atoms with van der Waals surface area (Å²) in [6, 6.07) is 7.94. The molecule has 2 heterocycles. The van der Waals surface area contributed by atoms with Gasteiger partial charge in [-0.25, -0.2) is 4.72 Å². The smallest absolute Gasteiger partial charge is 0.279 e. The van der Waals surface area contributed by atoms with Crippen LogP contribution in [-0.2, 0) is 16.6 Å². The summed E-state index contributed by atoms with van der Waals surface area (Å²) in [5, 5.41) is 0. The molecule has 0 bridgehead atoms. The van der Waals surface area contributed by atoms with E-state index in [4.69, 9.17) is 4.74 Å². The van der Waals surface area contributed by atoms with E-state index < -0.39 is 10.2 Å². The maximum absolute atomic E-state index is 12.3. The van der Waals surface area contributed by atoms with Crippen LogP contribution >= 0.6 is 0 Å². The van der Waals surface area contributed by atoms with E-state index in [2.05, 4.69) is 9.62 Å². The van der Waals surface area contributed by atoms with Gasteiger partial charge in [0.1, 0.15) is 5.75 Å². The Bertz CT molecular complexity index is 612. The normalized spacial score (nSPS) is 23.8. The Labute approximate surface area is 132 Å². The van der Waals surface area contributed by atoms with Crippen molar-refractivity contribution in [3.05, 3.63) is 29.8 Å². The monoisotopic (exact) mass is 325 g/mol. The van der Waals surface area contributed by atoms with Crippen molar-refractivity contribution in [2.24, 2.45) is 5.92 Å². The fourth-order valence-corrected chi connectivity index (χ4v) is 4.14. The summed E-state index contributed by atoms with van der Waals surface area (Å²) in [6.45, 7) is 3.64. The molecule has 1 fully saturated rings. The third-order valence-corrected chi connectivity index (χ3v) is 5.89. The highest BCUT2D eigenvalue weighted by Crippen LogP contribution is 2.26. The van der Waals surface area contributed by atoms with E-state index in [9.17, 15) is 8.42 Å². The molecule has 2 aliphatic heterocycles. The first kappa shape index (κ1) is 15.7. The Morgan fingerprint density at radius 1 is 1.23 bits per heavy atom. The van der Waals surface area contributed by atoms with E-state index in [0.29, 0.717) is 26.2 Å².